The number of carboxylic acids is 1. The molecule has 17 heavy (non-hydrogen) atoms. The summed E-state index contributed by atoms with van der Waals surface area (Å²) < 4.78 is 6.73. The highest BCUT2D eigenvalue weighted by molar-refractivity contribution is 5.84. The first-order chi connectivity index (χ1) is 8.06. The summed E-state index contributed by atoms with van der Waals surface area (Å²) in [4.78, 5) is 22.3. The van der Waals surface area contributed by atoms with E-state index in [1.807, 2.05) is 6.92 Å². The Morgan fingerprint density at radius 1 is 1.59 bits per heavy atom. The van der Waals surface area contributed by atoms with E-state index in [-0.39, 0.29) is 23.5 Å². The van der Waals surface area contributed by atoms with Crippen LogP contribution in [0.25, 0.3) is 0 Å². The third-order valence-electron chi connectivity index (χ3n) is 2.78. The molecule has 0 spiro atoms. The Balaban J connectivity index is 2.17. The van der Waals surface area contributed by atoms with Gasteiger partial charge in [0.1, 0.15) is 0 Å². The summed E-state index contributed by atoms with van der Waals surface area (Å²) in [5, 5.41) is 12.6. The Morgan fingerprint density at radius 2 is 2.35 bits per heavy atom. The maximum Gasteiger partial charge on any atom is 0.356 e. The fourth-order valence-corrected chi connectivity index (χ4v) is 1.91. The van der Waals surface area contributed by atoms with E-state index in [1.54, 1.807) is 0 Å². The molecule has 2 rings (SSSR count). The number of aromatic nitrogens is 2. The van der Waals surface area contributed by atoms with Gasteiger partial charge in [0, 0.05) is 6.07 Å². The molecule has 6 nitrogen and oxygen atoms in total. The van der Waals surface area contributed by atoms with Gasteiger partial charge < -0.3 is 9.84 Å². The molecule has 6 heteroatoms. The number of hydrogen-bond acceptors (Lipinski definition) is 4. The molecule has 0 amide bonds. The number of aromatic carboxylic acids is 1. The Morgan fingerprint density at radius 3 is 2.94 bits per heavy atom. The number of rotatable bonds is 3. The van der Waals surface area contributed by atoms with Crippen LogP contribution >= 0.6 is 0 Å². The van der Waals surface area contributed by atoms with E-state index in [0.717, 1.165) is 17.5 Å². The molecule has 1 aromatic rings. The van der Waals surface area contributed by atoms with Gasteiger partial charge in [-0.15, -0.1) is 0 Å². The molecular weight excluding hydrogens is 224 g/mol. The molecule has 0 aromatic carbocycles. The monoisotopic (exact) mass is 238 g/mol. The molecule has 1 aliphatic rings. The smallest absolute Gasteiger partial charge is 0.356 e. The molecule has 1 N–H and O–H groups in total. The van der Waals surface area contributed by atoms with Crippen LogP contribution in [-0.2, 0) is 11.3 Å². The van der Waals surface area contributed by atoms with Crippen LogP contribution in [0.15, 0.2) is 16.9 Å². The van der Waals surface area contributed by atoms with Crippen molar-refractivity contribution in [1.82, 2.24) is 9.78 Å². The van der Waals surface area contributed by atoms with Crippen molar-refractivity contribution < 1.29 is 14.6 Å². The molecule has 0 bridgehead atoms. The van der Waals surface area contributed by atoms with Crippen LogP contribution in [-0.4, -0.2) is 33.1 Å². The minimum atomic E-state index is -1.14. The molecule has 0 saturated carbocycles. The van der Waals surface area contributed by atoms with Crippen LogP contribution in [0.2, 0.25) is 0 Å². The van der Waals surface area contributed by atoms with Crippen LogP contribution in [0.5, 0.6) is 0 Å². The van der Waals surface area contributed by atoms with Crippen molar-refractivity contribution in [3.63, 3.8) is 0 Å². The topological polar surface area (TPSA) is 81.4 Å². The van der Waals surface area contributed by atoms with Gasteiger partial charge >= 0.3 is 5.97 Å². The molecule has 2 unspecified atom stereocenters. The fraction of sp³-hybridized carbons (Fsp3) is 0.545. The molecule has 1 aromatic heterocycles. The minimum Gasteiger partial charge on any atom is -0.476 e. The van der Waals surface area contributed by atoms with Gasteiger partial charge in [-0.25, -0.2) is 9.48 Å². The van der Waals surface area contributed by atoms with Crippen LogP contribution in [0.1, 0.15) is 30.3 Å². The molecule has 92 valence electrons. The van der Waals surface area contributed by atoms with Gasteiger partial charge in [0.25, 0.3) is 5.56 Å². The van der Waals surface area contributed by atoms with Crippen LogP contribution in [0.3, 0.4) is 0 Å². The summed E-state index contributed by atoms with van der Waals surface area (Å²) in [5.41, 5.74) is -0.436. The van der Waals surface area contributed by atoms with E-state index in [4.69, 9.17) is 9.84 Å². The Bertz CT molecular complexity index is 483. The third kappa shape index (κ3) is 2.71. The number of ether oxygens (including phenoxy) is 1. The highest BCUT2D eigenvalue weighted by Crippen LogP contribution is 2.19. The lowest BCUT2D eigenvalue weighted by Crippen LogP contribution is -2.29. The second kappa shape index (κ2) is 4.67. The van der Waals surface area contributed by atoms with Crippen LogP contribution in [0, 0.1) is 0 Å². The van der Waals surface area contributed by atoms with E-state index in [0.29, 0.717) is 6.54 Å². The Hall–Kier alpha value is -1.69. The minimum absolute atomic E-state index is 0.0563. The first-order valence-electron chi connectivity index (χ1n) is 5.53. The Labute approximate surface area is 97.8 Å². The summed E-state index contributed by atoms with van der Waals surface area (Å²) >= 11 is 0. The highest BCUT2D eigenvalue weighted by atomic mass is 16.5. The lowest BCUT2D eigenvalue weighted by Gasteiger charge is -2.12. The molecule has 2 atom stereocenters. The van der Waals surface area contributed by atoms with Crippen LogP contribution < -0.4 is 5.56 Å². The number of nitrogens with zero attached hydrogens (tertiary/aromatic N) is 2. The zero-order valence-corrected chi connectivity index (χ0v) is 9.50. The fourth-order valence-electron chi connectivity index (χ4n) is 1.91. The lowest BCUT2D eigenvalue weighted by atomic mass is 10.2. The zero-order valence-electron chi connectivity index (χ0n) is 9.50. The second-order valence-electron chi connectivity index (χ2n) is 4.19. The van der Waals surface area contributed by atoms with Crippen molar-refractivity contribution in [2.75, 3.05) is 0 Å². The predicted octanol–water partition coefficient (Wildman–Crippen LogP) is 0.509. The van der Waals surface area contributed by atoms with Crippen molar-refractivity contribution in [1.29, 1.82) is 0 Å². The first-order valence-corrected chi connectivity index (χ1v) is 5.53. The number of carbonyl (C=O) groups is 1. The van der Waals surface area contributed by atoms with Crippen molar-refractivity contribution in [2.24, 2.45) is 0 Å². The van der Waals surface area contributed by atoms with Gasteiger partial charge in [-0.1, -0.05) is 0 Å². The van der Waals surface area contributed by atoms with Gasteiger partial charge in [-0.05, 0) is 25.8 Å². The lowest BCUT2D eigenvalue weighted by molar-refractivity contribution is 0.0422. The standard InChI is InChI=1S/C11H14N2O4/c1-7-2-3-8(17-7)6-13-10(14)5-4-9(12-13)11(15)16/h4-5,7-8H,2-3,6H2,1H3,(H,15,16). The summed E-state index contributed by atoms with van der Waals surface area (Å²) in [5.74, 6) is -1.14. The molecule has 1 fully saturated rings. The number of carboxylic acid groups (broad SMARTS) is 1. The maximum atomic E-state index is 11.5. The summed E-state index contributed by atoms with van der Waals surface area (Å²) in [7, 11) is 0. The van der Waals surface area contributed by atoms with Gasteiger partial charge in [0.2, 0.25) is 0 Å². The summed E-state index contributed by atoms with van der Waals surface area (Å²) in [6, 6.07) is 2.42. The van der Waals surface area contributed by atoms with Gasteiger partial charge in [0.15, 0.2) is 5.69 Å². The van der Waals surface area contributed by atoms with Gasteiger partial charge in [0.05, 0.1) is 18.8 Å². The molecule has 2 heterocycles. The average molecular weight is 238 g/mol. The quantitative estimate of drug-likeness (QED) is 0.829. The number of hydrogen-bond donors (Lipinski definition) is 1. The van der Waals surface area contributed by atoms with E-state index < -0.39 is 5.97 Å². The van der Waals surface area contributed by atoms with Crippen molar-refractivity contribution >= 4 is 5.97 Å². The molecule has 1 aliphatic heterocycles. The third-order valence-corrected chi connectivity index (χ3v) is 2.78. The second-order valence-corrected chi connectivity index (χ2v) is 4.19. The molecular formula is C11H14N2O4. The Kier molecular flexibility index (Phi) is 3.23. The summed E-state index contributed by atoms with van der Waals surface area (Å²) in [6.45, 7) is 2.29. The van der Waals surface area contributed by atoms with E-state index >= 15 is 0 Å². The molecule has 0 aliphatic carbocycles. The maximum absolute atomic E-state index is 11.5. The highest BCUT2D eigenvalue weighted by Gasteiger charge is 2.23. The van der Waals surface area contributed by atoms with E-state index in [2.05, 4.69) is 5.10 Å². The zero-order chi connectivity index (χ0) is 12.4. The van der Waals surface area contributed by atoms with Gasteiger partial charge in [-0.2, -0.15) is 5.10 Å². The van der Waals surface area contributed by atoms with E-state index in [1.165, 1.54) is 12.1 Å². The normalized spacial score (nSPS) is 23.8. The first kappa shape index (κ1) is 11.8. The molecule has 0 radical (unpaired) electrons. The molecule has 1 saturated heterocycles. The van der Waals surface area contributed by atoms with Crippen molar-refractivity contribution in [2.45, 2.75) is 38.5 Å². The van der Waals surface area contributed by atoms with Crippen molar-refractivity contribution in [3.8, 4) is 0 Å². The van der Waals surface area contributed by atoms with E-state index in [9.17, 15) is 9.59 Å². The average Bonchev–Trinajstić information content (AvgIpc) is 2.67. The SMILES string of the molecule is CC1CCC(Cn2nc(C(=O)O)ccc2=O)O1. The van der Waals surface area contributed by atoms with Crippen LogP contribution in [0.4, 0.5) is 0 Å². The summed E-state index contributed by atoms with van der Waals surface area (Å²) in [6.07, 6.45) is 1.96. The van der Waals surface area contributed by atoms with Crippen molar-refractivity contribution in [3.05, 3.63) is 28.2 Å². The predicted molar refractivity (Wildman–Crippen MR) is 59.0 cm³/mol. The van der Waals surface area contributed by atoms with Gasteiger partial charge in [-0.3, -0.25) is 4.79 Å². The largest absolute Gasteiger partial charge is 0.476 e.